The maximum atomic E-state index is 14.1. The van der Waals surface area contributed by atoms with Crippen molar-refractivity contribution in [3.8, 4) is 5.69 Å². The number of carbonyl (C=O) groups is 1. The third kappa shape index (κ3) is 3.97. The summed E-state index contributed by atoms with van der Waals surface area (Å²) in [5, 5.41) is 11.4. The van der Waals surface area contributed by atoms with Crippen LogP contribution in [0.5, 0.6) is 0 Å². The van der Waals surface area contributed by atoms with Gasteiger partial charge in [0.2, 0.25) is 15.5 Å². The summed E-state index contributed by atoms with van der Waals surface area (Å²) < 4.78 is 38.1. The van der Waals surface area contributed by atoms with Gasteiger partial charge in [-0.3, -0.25) is 9.59 Å². The van der Waals surface area contributed by atoms with Crippen molar-refractivity contribution in [2.24, 2.45) is 5.14 Å². The zero-order valence-electron chi connectivity index (χ0n) is 14.6. The number of para-hydroxylation sites is 1. The van der Waals surface area contributed by atoms with Crippen LogP contribution in [-0.4, -0.2) is 24.1 Å². The molecule has 10 heteroatoms. The van der Waals surface area contributed by atoms with Crippen LogP contribution in [0.4, 0.5) is 10.1 Å². The lowest BCUT2D eigenvalue weighted by Crippen LogP contribution is -2.27. The van der Waals surface area contributed by atoms with E-state index in [1.54, 1.807) is 13.0 Å². The minimum Gasteiger partial charge on any atom is -0.320 e. The molecule has 0 saturated heterocycles. The normalized spacial score (nSPS) is 11.2. The number of carbonyl (C=O) groups excluding carboxylic acids is 1. The van der Waals surface area contributed by atoms with Crippen molar-refractivity contribution in [3.05, 3.63) is 82.0 Å². The van der Waals surface area contributed by atoms with Gasteiger partial charge in [-0.05, 0) is 37.3 Å². The molecule has 0 bridgehead atoms. The maximum Gasteiger partial charge on any atom is 0.280 e. The molecule has 3 aromatic rings. The minimum atomic E-state index is -3.96. The number of rotatable bonds is 4. The van der Waals surface area contributed by atoms with Gasteiger partial charge in [0, 0.05) is 17.4 Å². The fraction of sp³-hybridized carbons (Fsp3) is 0.0556. The van der Waals surface area contributed by atoms with Crippen LogP contribution in [0.1, 0.15) is 16.2 Å². The lowest BCUT2D eigenvalue weighted by molar-refractivity contribution is 0.101. The van der Waals surface area contributed by atoms with Crippen LogP contribution in [0.15, 0.2) is 64.3 Å². The Kier molecular flexibility index (Phi) is 5.08. The van der Waals surface area contributed by atoms with Gasteiger partial charge in [-0.1, -0.05) is 18.2 Å². The van der Waals surface area contributed by atoms with Crippen LogP contribution in [0.3, 0.4) is 0 Å². The average molecular weight is 402 g/mol. The number of benzene rings is 2. The second-order valence-corrected chi connectivity index (χ2v) is 7.45. The number of sulfonamides is 1. The van der Waals surface area contributed by atoms with Gasteiger partial charge in [-0.15, -0.1) is 0 Å². The van der Waals surface area contributed by atoms with Gasteiger partial charge >= 0.3 is 0 Å². The molecule has 3 N–H and O–H groups in total. The van der Waals surface area contributed by atoms with Gasteiger partial charge in [-0.2, -0.15) is 5.10 Å². The lowest BCUT2D eigenvalue weighted by atomic mass is 10.2. The molecular formula is C18H15FN4O4S. The Morgan fingerprint density at radius 3 is 2.54 bits per heavy atom. The summed E-state index contributed by atoms with van der Waals surface area (Å²) in [7, 11) is -3.96. The molecule has 1 amide bonds. The molecule has 0 atom stereocenters. The van der Waals surface area contributed by atoms with Crippen molar-refractivity contribution in [3.63, 3.8) is 0 Å². The van der Waals surface area contributed by atoms with Crippen molar-refractivity contribution >= 4 is 21.6 Å². The molecule has 1 aromatic heterocycles. The first-order chi connectivity index (χ1) is 13.2. The SMILES string of the molecule is Cc1cc(=O)c(C(=O)Nc2cccc(S(N)(=O)=O)c2)nn1-c1ccccc1F. The van der Waals surface area contributed by atoms with E-state index in [4.69, 9.17) is 5.14 Å². The average Bonchev–Trinajstić information content (AvgIpc) is 2.62. The minimum absolute atomic E-state index is 0.0743. The Bertz CT molecular complexity index is 1240. The fourth-order valence-electron chi connectivity index (χ4n) is 2.51. The Labute approximate surface area is 159 Å². The molecule has 0 aliphatic rings. The highest BCUT2D eigenvalue weighted by Gasteiger charge is 2.17. The van der Waals surface area contributed by atoms with Gasteiger partial charge in [-0.25, -0.2) is 22.6 Å². The molecule has 0 aliphatic heterocycles. The van der Waals surface area contributed by atoms with E-state index in [2.05, 4.69) is 10.4 Å². The van der Waals surface area contributed by atoms with E-state index in [1.807, 2.05) is 0 Å². The first kappa shape index (κ1) is 19.4. The number of nitrogens with two attached hydrogens (primary N) is 1. The van der Waals surface area contributed by atoms with E-state index in [0.717, 1.165) is 16.8 Å². The second-order valence-electron chi connectivity index (χ2n) is 5.89. The molecular weight excluding hydrogens is 387 g/mol. The van der Waals surface area contributed by atoms with Crippen molar-refractivity contribution in [2.75, 3.05) is 5.32 Å². The van der Waals surface area contributed by atoms with Crippen molar-refractivity contribution in [2.45, 2.75) is 11.8 Å². The summed E-state index contributed by atoms with van der Waals surface area (Å²) in [5.41, 5.74) is -0.621. The van der Waals surface area contributed by atoms with Gasteiger partial charge in [0.05, 0.1) is 4.90 Å². The summed E-state index contributed by atoms with van der Waals surface area (Å²) in [6, 6.07) is 12.2. The second kappa shape index (κ2) is 7.33. The highest BCUT2D eigenvalue weighted by Crippen LogP contribution is 2.16. The molecule has 0 aliphatic carbocycles. The molecule has 0 fully saturated rings. The zero-order chi connectivity index (χ0) is 20.5. The first-order valence-electron chi connectivity index (χ1n) is 7.97. The van der Waals surface area contributed by atoms with E-state index < -0.39 is 32.9 Å². The summed E-state index contributed by atoms with van der Waals surface area (Å²) in [4.78, 5) is 24.5. The predicted octanol–water partition coefficient (Wildman–Crippen LogP) is 1.58. The van der Waals surface area contributed by atoms with E-state index >= 15 is 0 Å². The van der Waals surface area contributed by atoms with Crippen LogP contribution in [0, 0.1) is 12.7 Å². The monoisotopic (exact) mass is 402 g/mol. The van der Waals surface area contributed by atoms with E-state index in [1.165, 1.54) is 36.4 Å². The van der Waals surface area contributed by atoms with Gasteiger partial charge in [0.25, 0.3) is 5.91 Å². The molecule has 1 heterocycles. The van der Waals surface area contributed by atoms with Crippen molar-refractivity contribution < 1.29 is 17.6 Å². The topological polar surface area (TPSA) is 124 Å². The highest BCUT2D eigenvalue weighted by molar-refractivity contribution is 7.89. The molecule has 8 nitrogen and oxygen atoms in total. The third-order valence-corrected chi connectivity index (χ3v) is 4.73. The largest absolute Gasteiger partial charge is 0.320 e. The number of hydrogen-bond acceptors (Lipinski definition) is 5. The van der Waals surface area contributed by atoms with Crippen molar-refractivity contribution in [1.29, 1.82) is 0 Å². The molecule has 0 spiro atoms. The van der Waals surface area contributed by atoms with Crippen LogP contribution < -0.4 is 15.9 Å². The number of aromatic nitrogens is 2. The van der Waals surface area contributed by atoms with Crippen LogP contribution in [-0.2, 0) is 10.0 Å². The Hall–Kier alpha value is -3.37. The van der Waals surface area contributed by atoms with Gasteiger partial charge in [0.1, 0.15) is 11.5 Å². The third-order valence-electron chi connectivity index (χ3n) is 3.82. The molecule has 3 rings (SSSR count). The fourth-order valence-corrected chi connectivity index (χ4v) is 3.07. The number of halogens is 1. The van der Waals surface area contributed by atoms with E-state index in [9.17, 15) is 22.4 Å². The highest BCUT2D eigenvalue weighted by atomic mass is 32.2. The van der Waals surface area contributed by atoms with E-state index in [0.29, 0.717) is 5.69 Å². The molecule has 28 heavy (non-hydrogen) atoms. The first-order valence-corrected chi connectivity index (χ1v) is 9.51. The Morgan fingerprint density at radius 2 is 1.86 bits per heavy atom. The van der Waals surface area contributed by atoms with Crippen LogP contribution in [0.2, 0.25) is 0 Å². The van der Waals surface area contributed by atoms with Crippen molar-refractivity contribution in [1.82, 2.24) is 9.78 Å². The number of primary sulfonamides is 1. The summed E-state index contributed by atoms with van der Waals surface area (Å²) in [6.45, 7) is 1.55. The van der Waals surface area contributed by atoms with Crippen LogP contribution in [0.25, 0.3) is 5.69 Å². The summed E-state index contributed by atoms with van der Waals surface area (Å²) >= 11 is 0. The number of nitrogens with zero attached hydrogens (tertiary/aromatic N) is 2. The van der Waals surface area contributed by atoms with Gasteiger partial charge in [0.15, 0.2) is 5.69 Å². The smallest absolute Gasteiger partial charge is 0.280 e. The molecule has 0 unspecified atom stereocenters. The number of nitrogens with one attached hydrogen (secondary N) is 1. The quantitative estimate of drug-likeness (QED) is 0.686. The molecule has 0 saturated carbocycles. The maximum absolute atomic E-state index is 14.1. The number of aryl methyl sites for hydroxylation is 1. The summed E-state index contributed by atoms with van der Waals surface area (Å²) in [6.07, 6.45) is 0. The van der Waals surface area contributed by atoms with E-state index in [-0.39, 0.29) is 16.3 Å². The Morgan fingerprint density at radius 1 is 1.14 bits per heavy atom. The van der Waals surface area contributed by atoms with Gasteiger partial charge < -0.3 is 5.32 Å². The summed E-state index contributed by atoms with van der Waals surface area (Å²) in [5.74, 6) is -1.45. The number of amides is 1. The zero-order valence-corrected chi connectivity index (χ0v) is 15.4. The predicted molar refractivity (Wildman–Crippen MR) is 100 cm³/mol. The molecule has 0 radical (unpaired) electrons. The molecule has 144 valence electrons. The lowest BCUT2D eigenvalue weighted by Gasteiger charge is -2.12. The standard InChI is InChI=1S/C18H15FN4O4S/c1-11-9-16(24)17(22-23(11)15-8-3-2-7-14(15)19)18(25)21-12-5-4-6-13(10-12)28(20,26)27/h2-10H,1H3,(H,21,25)(H2,20,26,27). The van der Waals surface area contributed by atoms with Crippen LogP contribution >= 0.6 is 0 Å². The number of hydrogen-bond donors (Lipinski definition) is 2. The number of anilines is 1. The Balaban J connectivity index is 2.00. The molecule has 2 aromatic carbocycles.